The van der Waals surface area contributed by atoms with E-state index in [0.29, 0.717) is 41.3 Å². The van der Waals surface area contributed by atoms with Gasteiger partial charge in [0.05, 0.1) is 19.8 Å². The molecule has 5 rings (SSSR count). The number of ether oxygens (including phenoxy) is 4. The molecule has 6 heteroatoms. The summed E-state index contributed by atoms with van der Waals surface area (Å²) in [6.07, 6.45) is 4.19. The molecule has 1 saturated carbocycles. The zero-order valence-corrected chi connectivity index (χ0v) is 16.8. The third-order valence-electron chi connectivity index (χ3n) is 5.73. The van der Waals surface area contributed by atoms with Crippen molar-refractivity contribution in [3.63, 3.8) is 0 Å². The van der Waals surface area contributed by atoms with Crippen molar-refractivity contribution in [2.75, 3.05) is 21.0 Å². The maximum absolute atomic E-state index is 13.0. The third-order valence-corrected chi connectivity index (χ3v) is 5.73. The van der Waals surface area contributed by atoms with Crippen molar-refractivity contribution in [1.29, 1.82) is 0 Å². The third kappa shape index (κ3) is 3.04. The minimum Gasteiger partial charge on any atom is -0.493 e. The topological polar surface area (TPSA) is 57.2 Å². The number of fused-ring (bicyclic) bond motifs is 2. The number of allylic oxidation sites excluding steroid dienone is 1. The lowest BCUT2D eigenvalue weighted by Crippen LogP contribution is -2.34. The normalized spacial score (nSPS) is 19.4. The molecular formula is C23H23NO5. The maximum Gasteiger partial charge on any atom is 0.231 e. The van der Waals surface area contributed by atoms with Gasteiger partial charge < -0.3 is 18.9 Å². The molecule has 0 N–H and O–H groups in total. The number of nitrogens with zero attached hydrogens (tertiary/aromatic N) is 1. The first kappa shape index (κ1) is 18.1. The van der Waals surface area contributed by atoms with Gasteiger partial charge in [-0.05, 0) is 49.6 Å². The van der Waals surface area contributed by atoms with Crippen molar-refractivity contribution >= 4 is 11.9 Å². The van der Waals surface area contributed by atoms with E-state index < -0.39 is 0 Å². The van der Waals surface area contributed by atoms with E-state index in [-0.39, 0.29) is 5.78 Å². The number of methoxy groups -OCH3 is 2. The average molecular weight is 393 g/mol. The van der Waals surface area contributed by atoms with Crippen LogP contribution in [0.4, 0.5) is 0 Å². The summed E-state index contributed by atoms with van der Waals surface area (Å²) >= 11 is 0. The number of hydrogen-bond acceptors (Lipinski definition) is 6. The number of rotatable bonds is 4. The molecule has 2 aliphatic heterocycles. The van der Waals surface area contributed by atoms with Crippen LogP contribution in [0.25, 0.3) is 6.08 Å². The molecule has 6 nitrogen and oxygen atoms in total. The Balaban J connectivity index is 1.48. The van der Waals surface area contributed by atoms with Gasteiger partial charge in [0.2, 0.25) is 5.78 Å². The van der Waals surface area contributed by atoms with E-state index in [9.17, 15) is 4.79 Å². The first-order valence-corrected chi connectivity index (χ1v) is 9.78. The molecule has 0 amide bonds. The maximum atomic E-state index is 13.0. The van der Waals surface area contributed by atoms with Gasteiger partial charge in [0.25, 0.3) is 0 Å². The first-order chi connectivity index (χ1) is 14.1. The largest absolute Gasteiger partial charge is 0.493 e. The van der Waals surface area contributed by atoms with Gasteiger partial charge in [-0.2, -0.15) is 0 Å². The van der Waals surface area contributed by atoms with Gasteiger partial charge in [-0.1, -0.05) is 6.07 Å². The van der Waals surface area contributed by atoms with Crippen molar-refractivity contribution < 1.29 is 23.7 Å². The number of benzene rings is 2. The predicted molar refractivity (Wildman–Crippen MR) is 108 cm³/mol. The summed E-state index contributed by atoms with van der Waals surface area (Å²) in [6.45, 7) is 3.37. The molecule has 0 saturated heterocycles. The number of carbonyl (C=O) groups excluding carboxylic acids is 1. The lowest BCUT2D eigenvalue weighted by molar-refractivity contribution is 0.0872. The van der Waals surface area contributed by atoms with Crippen molar-refractivity contribution in [3.8, 4) is 23.0 Å². The Morgan fingerprint density at radius 1 is 1.10 bits per heavy atom. The zero-order chi connectivity index (χ0) is 20.1. The van der Waals surface area contributed by atoms with E-state index in [1.165, 1.54) is 12.8 Å². The molecule has 0 unspecified atom stereocenters. The highest BCUT2D eigenvalue weighted by Gasteiger charge is 2.36. The lowest BCUT2D eigenvalue weighted by atomic mass is 10.00. The van der Waals surface area contributed by atoms with Crippen LogP contribution in [0.2, 0.25) is 0 Å². The summed E-state index contributed by atoms with van der Waals surface area (Å²) in [5.41, 5.74) is 3.35. The van der Waals surface area contributed by atoms with Gasteiger partial charge in [-0.25, -0.2) is 0 Å². The fraction of sp³-hybridized carbons (Fsp3) is 0.348. The quantitative estimate of drug-likeness (QED) is 0.734. The fourth-order valence-electron chi connectivity index (χ4n) is 4.03. The zero-order valence-electron chi connectivity index (χ0n) is 16.8. The van der Waals surface area contributed by atoms with Crippen LogP contribution >= 0.6 is 0 Å². The SMILES string of the molecule is COc1ccc(/C=C2\Oc3c(cc4c(c3C)OCN(C3CC3)C4)C2=O)cc1OC. The Bertz CT molecular complexity index is 1040. The first-order valence-electron chi connectivity index (χ1n) is 9.78. The molecular weight excluding hydrogens is 370 g/mol. The molecule has 0 aromatic heterocycles. The Kier molecular flexibility index (Phi) is 4.24. The van der Waals surface area contributed by atoms with E-state index in [0.717, 1.165) is 29.0 Å². The van der Waals surface area contributed by atoms with Gasteiger partial charge in [0.1, 0.15) is 18.2 Å². The number of ketones is 1. The number of carbonyl (C=O) groups is 1. The molecule has 1 fully saturated rings. The van der Waals surface area contributed by atoms with Crippen molar-refractivity contribution in [1.82, 2.24) is 4.90 Å². The second kappa shape index (κ2) is 6.81. The minimum atomic E-state index is -0.107. The monoisotopic (exact) mass is 393 g/mol. The minimum absolute atomic E-state index is 0.107. The summed E-state index contributed by atoms with van der Waals surface area (Å²) in [5.74, 6) is 2.88. The summed E-state index contributed by atoms with van der Waals surface area (Å²) in [6, 6.07) is 8.04. The van der Waals surface area contributed by atoms with E-state index in [4.69, 9.17) is 18.9 Å². The van der Waals surface area contributed by atoms with Gasteiger partial charge in [-0.15, -0.1) is 0 Å². The van der Waals surface area contributed by atoms with Crippen molar-refractivity contribution in [3.05, 3.63) is 52.3 Å². The van der Waals surface area contributed by atoms with E-state index >= 15 is 0 Å². The summed E-state index contributed by atoms with van der Waals surface area (Å²) in [4.78, 5) is 15.4. The van der Waals surface area contributed by atoms with Gasteiger partial charge in [0, 0.05) is 23.7 Å². The summed E-state index contributed by atoms with van der Waals surface area (Å²) < 4.78 is 22.6. The Morgan fingerprint density at radius 2 is 1.90 bits per heavy atom. The van der Waals surface area contributed by atoms with Crippen LogP contribution in [0.1, 0.15) is 39.9 Å². The highest BCUT2D eigenvalue weighted by molar-refractivity contribution is 6.15. The van der Waals surface area contributed by atoms with Crippen LogP contribution in [-0.4, -0.2) is 37.7 Å². The number of hydrogen-bond donors (Lipinski definition) is 0. The molecule has 0 atom stereocenters. The molecule has 2 aromatic carbocycles. The lowest BCUT2D eigenvalue weighted by Gasteiger charge is -2.30. The van der Waals surface area contributed by atoms with Crippen LogP contribution in [0.5, 0.6) is 23.0 Å². The Morgan fingerprint density at radius 3 is 2.62 bits per heavy atom. The van der Waals surface area contributed by atoms with Crippen LogP contribution in [-0.2, 0) is 6.54 Å². The molecule has 0 spiro atoms. The Labute approximate surface area is 169 Å². The highest BCUT2D eigenvalue weighted by atomic mass is 16.5. The van der Waals surface area contributed by atoms with Crippen LogP contribution in [0.3, 0.4) is 0 Å². The molecule has 2 heterocycles. The van der Waals surface area contributed by atoms with Crippen molar-refractivity contribution in [2.24, 2.45) is 0 Å². The van der Waals surface area contributed by atoms with Crippen LogP contribution in [0, 0.1) is 6.92 Å². The van der Waals surface area contributed by atoms with Crippen molar-refractivity contribution in [2.45, 2.75) is 32.4 Å². The smallest absolute Gasteiger partial charge is 0.231 e. The number of Topliss-reactive ketones (excluding diaryl/α,β-unsaturated/α-hetero) is 1. The molecule has 1 aliphatic carbocycles. The Hall–Kier alpha value is -2.99. The fourth-order valence-corrected chi connectivity index (χ4v) is 4.03. The van der Waals surface area contributed by atoms with Gasteiger partial charge >= 0.3 is 0 Å². The molecule has 3 aliphatic rings. The van der Waals surface area contributed by atoms with E-state index in [2.05, 4.69) is 4.90 Å². The van der Waals surface area contributed by atoms with Crippen LogP contribution < -0.4 is 18.9 Å². The predicted octanol–water partition coefficient (Wildman–Crippen LogP) is 3.94. The second-order valence-electron chi connectivity index (χ2n) is 7.67. The summed E-state index contributed by atoms with van der Waals surface area (Å²) in [7, 11) is 3.17. The van der Waals surface area contributed by atoms with Gasteiger partial charge in [-0.3, -0.25) is 9.69 Å². The molecule has 29 heavy (non-hydrogen) atoms. The van der Waals surface area contributed by atoms with E-state index in [1.807, 2.05) is 31.2 Å². The molecule has 0 bridgehead atoms. The average Bonchev–Trinajstić information content (AvgIpc) is 3.54. The second-order valence-corrected chi connectivity index (χ2v) is 7.67. The van der Waals surface area contributed by atoms with Gasteiger partial charge in [0.15, 0.2) is 17.3 Å². The van der Waals surface area contributed by atoms with Crippen LogP contribution in [0.15, 0.2) is 30.0 Å². The summed E-state index contributed by atoms with van der Waals surface area (Å²) in [5, 5.41) is 0. The highest BCUT2D eigenvalue weighted by Crippen LogP contribution is 2.44. The van der Waals surface area contributed by atoms with E-state index in [1.54, 1.807) is 20.3 Å². The molecule has 2 aromatic rings. The molecule has 0 radical (unpaired) electrons. The molecule has 150 valence electrons. The standard InChI is InChI=1S/C23H23NO5/c1-13-22-15(11-24(12-28-22)16-5-6-16)10-17-21(25)20(29-23(13)17)9-14-4-7-18(26-2)19(8-14)27-3/h4,7-10,16H,5-6,11-12H2,1-3H3/b20-9-.